The van der Waals surface area contributed by atoms with Crippen LogP contribution in [0.4, 0.5) is 31.7 Å². The monoisotopic (exact) mass is 483 g/mol. The van der Waals surface area contributed by atoms with Gasteiger partial charge in [0, 0.05) is 0 Å². The van der Waals surface area contributed by atoms with Crippen LogP contribution in [-0.4, -0.2) is 41.2 Å². The first-order chi connectivity index (χ1) is 16.2. The summed E-state index contributed by atoms with van der Waals surface area (Å²) in [6.07, 6.45) is 1.02. The number of hydrogen-bond acceptors (Lipinski definition) is 6. The Labute approximate surface area is 194 Å². The van der Waals surface area contributed by atoms with Crippen LogP contribution in [0.3, 0.4) is 0 Å². The van der Waals surface area contributed by atoms with E-state index in [1.54, 1.807) is 37.3 Å². The van der Waals surface area contributed by atoms with Crippen LogP contribution in [0.15, 0.2) is 48.5 Å². The molecule has 0 aliphatic carbocycles. The molecule has 9 nitrogen and oxygen atoms in total. The largest absolute Gasteiger partial charge is 0.361 e. The van der Waals surface area contributed by atoms with E-state index in [0.29, 0.717) is 40.5 Å². The molecule has 0 aliphatic heterocycles. The Hall–Kier alpha value is -4.11. The molecule has 2 N–H and O–H groups in total. The lowest BCUT2D eigenvalue weighted by Crippen LogP contribution is -2.35. The van der Waals surface area contributed by atoms with E-state index in [1.165, 1.54) is 18.2 Å². The van der Waals surface area contributed by atoms with E-state index in [0.717, 1.165) is 6.26 Å². The minimum Gasteiger partial charge on any atom is -0.361 e. The van der Waals surface area contributed by atoms with Crippen LogP contribution < -0.4 is 9.62 Å². The number of H-pyrrole nitrogens is 1. The summed E-state index contributed by atoms with van der Waals surface area (Å²) in [5.74, 6) is 0.851. The van der Waals surface area contributed by atoms with Gasteiger partial charge in [0.15, 0.2) is 5.65 Å². The van der Waals surface area contributed by atoms with Crippen molar-refractivity contribution in [1.82, 2.24) is 19.9 Å². The molecule has 0 aliphatic rings. The Morgan fingerprint density at radius 3 is 2.56 bits per heavy atom. The number of imidazole rings is 1. The topological polar surface area (TPSA) is 108 Å². The summed E-state index contributed by atoms with van der Waals surface area (Å²) >= 11 is 0. The number of hydrogen-bond donors (Lipinski definition) is 2. The maximum atomic E-state index is 13.7. The van der Waals surface area contributed by atoms with Crippen molar-refractivity contribution in [2.75, 3.05) is 15.9 Å². The number of benzene rings is 1. The summed E-state index contributed by atoms with van der Waals surface area (Å²) in [6.45, 7) is 5.63. The van der Waals surface area contributed by atoms with Crippen molar-refractivity contribution < 1.29 is 17.2 Å². The zero-order valence-electron chi connectivity index (χ0n) is 18.1. The lowest BCUT2D eigenvalue weighted by molar-refractivity contribution is 0.162. The first-order valence-corrected chi connectivity index (χ1v) is 11.8. The molecule has 12 heteroatoms. The van der Waals surface area contributed by atoms with Crippen molar-refractivity contribution >= 4 is 44.1 Å². The summed E-state index contributed by atoms with van der Waals surface area (Å²) < 4.78 is 51.6. The van der Waals surface area contributed by atoms with Gasteiger partial charge in [-0.2, -0.15) is 8.78 Å². The van der Waals surface area contributed by atoms with E-state index in [2.05, 4.69) is 30.1 Å². The van der Waals surface area contributed by atoms with E-state index < -0.39 is 16.6 Å². The van der Waals surface area contributed by atoms with Crippen molar-refractivity contribution in [2.45, 2.75) is 19.9 Å². The lowest BCUT2D eigenvalue weighted by Gasteiger charge is -2.24. The van der Waals surface area contributed by atoms with Gasteiger partial charge in [-0.15, -0.1) is 4.98 Å². The van der Waals surface area contributed by atoms with Crippen molar-refractivity contribution in [3.63, 3.8) is 0 Å². The molecule has 0 atom stereocenters. The zero-order valence-corrected chi connectivity index (χ0v) is 18.9. The van der Waals surface area contributed by atoms with Crippen LogP contribution in [-0.2, 0) is 16.4 Å². The number of fused-ring (bicyclic) bond motifs is 1. The van der Waals surface area contributed by atoms with Crippen LogP contribution >= 0.6 is 0 Å². The number of halogens is 2. The number of alkyl halides is 2. The summed E-state index contributed by atoms with van der Waals surface area (Å²) in [6, 6.07) is 12.7. The van der Waals surface area contributed by atoms with Crippen molar-refractivity contribution in [3.05, 3.63) is 77.2 Å². The van der Waals surface area contributed by atoms with Crippen LogP contribution in [0, 0.1) is 13.5 Å². The molecular weight excluding hydrogens is 464 g/mol. The summed E-state index contributed by atoms with van der Waals surface area (Å²) in [4.78, 5) is 19.6. The summed E-state index contributed by atoms with van der Waals surface area (Å²) in [7, 11) is -4.25. The van der Waals surface area contributed by atoms with Crippen LogP contribution in [0.1, 0.15) is 17.2 Å². The average molecular weight is 484 g/mol. The van der Waals surface area contributed by atoms with Gasteiger partial charge in [0.1, 0.15) is 17.0 Å². The molecule has 3 aromatic heterocycles. The predicted octanol–water partition coefficient (Wildman–Crippen LogP) is 4.54. The second kappa shape index (κ2) is 9.03. The van der Waals surface area contributed by atoms with Gasteiger partial charge in [-0.25, -0.2) is 22.7 Å². The molecule has 0 spiro atoms. The molecule has 0 unspecified atom stereocenters. The fraction of sp³-hybridized carbons (Fsp3) is 0.182. The van der Waals surface area contributed by atoms with Crippen molar-refractivity contribution in [2.24, 2.45) is 0 Å². The van der Waals surface area contributed by atoms with E-state index in [-0.39, 0.29) is 21.5 Å². The third-order valence-corrected chi connectivity index (χ3v) is 5.92. The number of nitrogens with zero attached hydrogens (tertiary/aromatic N) is 5. The Balaban J connectivity index is 1.79. The maximum Gasteiger partial charge on any atom is 0.327 e. The number of nitrogens with one attached hydrogen (secondary N) is 2. The van der Waals surface area contributed by atoms with E-state index in [9.17, 15) is 17.2 Å². The smallest absolute Gasteiger partial charge is 0.327 e. The highest BCUT2D eigenvalue weighted by atomic mass is 32.2. The molecule has 4 aromatic rings. The quantitative estimate of drug-likeness (QED) is 0.295. The second-order valence-corrected chi connectivity index (χ2v) is 9.30. The minimum absolute atomic E-state index is 0.0621. The van der Waals surface area contributed by atoms with Crippen LogP contribution in [0.5, 0.6) is 0 Å². The molecule has 174 valence electrons. The summed E-state index contributed by atoms with van der Waals surface area (Å²) in [5.41, 5.74) is 2.55. The first-order valence-electron chi connectivity index (χ1n) is 9.99. The third-order valence-electron chi connectivity index (χ3n) is 4.85. The SMILES string of the molecule is [C-]#[N+]c1cccc(Cc2cc(Nc3ccccc3N(C(F)F)S(C)(=O)=O)c3[nH]c(C)nc3n2)n1. The molecule has 0 saturated heterocycles. The van der Waals surface area contributed by atoms with Crippen molar-refractivity contribution in [1.29, 1.82) is 0 Å². The number of para-hydroxylation sites is 2. The van der Waals surface area contributed by atoms with Gasteiger partial charge in [-0.05, 0) is 37.3 Å². The molecule has 4 rings (SSSR count). The number of pyridine rings is 2. The second-order valence-electron chi connectivity index (χ2n) is 7.44. The molecule has 0 fully saturated rings. The number of rotatable bonds is 7. The Morgan fingerprint density at radius 1 is 1.09 bits per heavy atom. The van der Waals surface area contributed by atoms with Gasteiger partial charge in [0.25, 0.3) is 5.82 Å². The third kappa shape index (κ3) is 4.79. The highest BCUT2D eigenvalue weighted by Crippen LogP contribution is 2.34. The fourth-order valence-electron chi connectivity index (χ4n) is 3.50. The Bertz CT molecular complexity index is 1510. The first kappa shape index (κ1) is 23.1. The molecular formula is C22H19F2N7O2S. The van der Waals surface area contributed by atoms with Gasteiger partial charge in [0.05, 0.1) is 35.4 Å². The predicted molar refractivity (Wildman–Crippen MR) is 125 cm³/mol. The van der Waals surface area contributed by atoms with Gasteiger partial charge in [-0.1, -0.05) is 24.8 Å². The van der Waals surface area contributed by atoms with Gasteiger partial charge >= 0.3 is 6.55 Å². The number of sulfonamides is 1. The number of anilines is 3. The molecule has 0 radical (unpaired) electrons. The van der Waals surface area contributed by atoms with Crippen molar-refractivity contribution in [3.8, 4) is 0 Å². The number of aromatic nitrogens is 4. The maximum absolute atomic E-state index is 13.7. The normalized spacial score (nSPS) is 11.5. The molecule has 34 heavy (non-hydrogen) atoms. The van der Waals surface area contributed by atoms with Crippen LogP contribution in [0.2, 0.25) is 0 Å². The average Bonchev–Trinajstić information content (AvgIpc) is 3.14. The Kier molecular flexibility index (Phi) is 6.12. The van der Waals surface area contributed by atoms with Gasteiger partial charge in [-0.3, -0.25) is 0 Å². The summed E-state index contributed by atoms with van der Waals surface area (Å²) in [5, 5.41) is 3.07. The minimum atomic E-state index is -4.25. The van der Waals surface area contributed by atoms with E-state index in [1.807, 2.05) is 0 Å². The highest BCUT2D eigenvalue weighted by molar-refractivity contribution is 7.92. The Morgan fingerprint density at radius 2 is 1.85 bits per heavy atom. The van der Waals surface area contributed by atoms with E-state index >= 15 is 0 Å². The zero-order chi connectivity index (χ0) is 24.5. The molecule has 1 aromatic carbocycles. The van der Waals surface area contributed by atoms with Gasteiger partial charge in [0.2, 0.25) is 10.0 Å². The molecule has 3 heterocycles. The molecule has 0 saturated carbocycles. The van der Waals surface area contributed by atoms with Gasteiger partial charge < -0.3 is 15.1 Å². The fourth-order valence-corrected chi connectivity index (χ4v) is 4.31. The number of aromatic amines is 1. The standard InChI is InChI=1S/C22H19F2N7O2S/c1-13-26-20-17(30-16-8-4-5-9-18(16)31(22(23)24)34(3,32)33)12-15(29-21(20)27-13)11-14-7-6-10-19(25-2)28-14/h4-10,12,22H,11H2,1,3H3,(H2,26,27,29,30). The van der Waals surface area contributed by atoms with E-state index in [4.69, 9.17) is 6.57 Å². The van der Waals surface area contributed by atoms with Crippen LogP contribution in [0.25, 0.3) is 16.0 Å². The number of aryl methyl sites for hydroxylation is 1. The lowest BCUT2D eigenvalue weighted by atomic mass is 10.1. The molecule has 0 bridgehead atoms. The highest BCUT2D eigenvalue weighted by Gasteiger charge is 2.28. The molecule has 0 amide bonds.